The highest BCUT2D eigenvalue weighted by atomic mass is 35.5. The third kappa shape index (κ3) is 5.29. The molecular weight excluding hydrogens is 361 g/mol. The summed E-state index contributed by atoms with van der Waals surface area (Å²) in [4.78, 5) is 35.1. The van der Waals surface area contributed by atoms with E-state index < -0.39 is 11.7 Å². The third-order valence-corrected chi connectivity index (χ3v) is 3.65. The van der Waals surface area contributed by atoms with Crippen LogP contribution in [0.4, 0.5) is 10.1 Å². The molecular formula is C18H17ClFN3O3. The minimum absolute atomic E-state index is 0.0151. The Kier molecular flexibility index (Phi) is 6.68. The lowest BCUT2D eigenvalue weighted by atomic mass is 10.2. The lowest BCUT2D eigenvalue weighted by molar-refractivity contribution is -0.114. The summed E-state index contributed by atoms with van der Waals surface area (Å²) in [5, 5.41) is 7.71. The molecule has 0 aliphatic rings. The number of anilines is 1. The fourth-order valence-electron chi connectivity index (χ4n) is 2.20. The van der Waals surface area contributed by atoms with Gasteiger partial charge in [0.1, 0.15) is 5.82 Å². The fourth-order valence-corrected chi connectivity index (χ4v) is 2.45. The average Bonchev–Trinajstić information content (AvgIpc) is 2.58. The van der Waals surface area contributed by atoms with Gasteiger partial charge in [0.05, 0.1) is 10.6 Å². The molecule has 0 unspecified atom stereocenters. The quantitative estimate of drug-likeness (QED) is 0.676. The van der Waals surface area contributed by atoms with Gasteiger partial charge >= 0.3 is 0 Å². The van der Waals surface area contributed by atoms with Gasteiger partial charge in [0.2, 0.25) is 5.91 Å². The summed E-state index contributed by atoms with van der Waals surface area (Å²) >= 11 is 5.82. The molecule has 2 rings (SSSR count). The van der Waals surface area contributed by atoms with Crippen LogP contribution < -0.4 is 16.0 Å². The van der Waals surface area contributed by atoms with Crippen molar-refractivity contribution < 1.29 is 18.8 Å². The molecule has 3 amide bonds. The zero-order valence-electron chi connectivity index (χ0n) is 13.9. The smallest absolute Gasteiger partial charge is 0.255 e. The van der Waals surface area contributed by atoms with Crippen molar-refractivity contribution in [3.8, 4) is 0 Å². The van der Waals surface area contributed by atoms with E-state index >= 15 is 0 Å². The van der Waals surface area contributed by atoms with E-state index in [1.165, 1.54) is 25.1 Å². The molecule has 0 fully saturated rings. The van der Waals surface area contributed by atoms with Crippen LogP contribution in [0, 0.1) is 5.82 Å². The van der Waals surface area contributed by atoms with Gasteiger partial charge in [-0.2, -0.15) is 0 Å². The first-order chi connectivity index (χ1) is 12.4. The summed E-state index contributed by atoms with van der Waals surface area (Å²) in [6, 6.07) is 10.4. The molecule has 6 nitrogen and oxygen atoms in total. The molecule has 0 radical (unpaired) electrons. The van der Waals surface area contributed by atoms with Crippen molar-refractivity contribution in [3.05, 3.63) is 64.4 Å². The van der Waals surface area contributed by atoms with Crippen LogP contribution in [0.5, 0.6) is 0 Å². The molecule has 0 spiro atoms. The second kappa shape index (κ2) is 8.96. The van der Waals surface area contributed by atoms with E-state index in [0.717, 1.165) is 6.07 Å². The van der Waals surface area contributed by atoms with E-state index in [1.807, 2.05) is 0 Å². The van der Waals surface area contributed by atoms with Crippen LogP contribution >= 0.6 is 11.6 Å². The van der Waals surface area contributed by atoms with Crippen molar-refractivity contribution in [3.63, 3.8) is 0 Å². The molecule has 0 atom stereocenters. The first-order valence-electron chi connectivity index (χ1n) is 7.76. The monoisotopic (exact) mass is 377 g/mol. The predicted molar refractivity (Wildman–Crippen MR) is 96.8 cm³/mol. The normalized spacial score (nSPS) is 10.1. The average molecular weight is 378 g/mol. The fraction of sp³-hybridized carbons (Fsp3) is 0.167. The first-order valence-corrected chi connectivity index (χ1v) is 8.14. The molecule has 2 aromatic carbocycles. The molecule has 0 bridgehead atoms. The standard InChI is InChI=1S/C18H17ClFN3O3/c1-11(24)23-13-5-2-4-12(10-13)17(25)21-8-9-22-18(26)16-14(19)6-3-7-15(16)20/h2-7,10H,8-9H2,1H3,(H,21,25)(H,22,26)(H,23,24). The van der Waals surface area contributed by atoms with Crippen LogP contribution in [-0.2, 0) is 4.79 Å². The maximum Gasteiger partial charge on any atom is 0.255 e. The van der Waals surface area contributed by atoms with E-state index in [1.54, 1.807) is 18.2 Å². The van der Waals surface area contributed by atoms with E-state index in [9.17, 15) is 18.8 Å². The van der Waals surface area contributed by atoms with Crippen molar-refractivity contribution in [2.24, 2.45) is 0 Å². The van der Waals surface area contributed by atoms with Gasteiger partial charge in [-0.05, 0) is 30.3 Å². The Morgan fingerprint density at radius 1 is 1.00 bits per heavy atom. The molecule has 2 aromatic rings. The number of carbonyl (C=O) groups excluding carboxylic acids is 3. The van der Waals surface area contributed by atoms with Crippen LogP contribution in [0.2, 0.25) is 5.02 Å². The Morgan fingerprint density at radius 3 is 2.31 bits per heavy atom. The lowest BCUT2D eigenvalue weighted by Crippen LogP contribution is -2.35. The van der Waals surface area contributed by atoms with Crippen LogP contribution in [0.15, 0.2) is 42.5 Å². The summed E-state index contributed by atoms with van der Waals surface area (Å²) in [5.74, 6) is -1.98. The predicted octanol–water partition coefficient (Wildman–Crippen LogP) is 2.60. The molecule has 0 aromatic heterocycles. The lowest BCUT2D eigenvalue weighted by Gasteiger charge is -2.09. The summed E-state index contributed by atoms with van der Waals surface area (Å²) in [6.45, 7) is 1.61. The Bertz CT molecular complexity index is 822. The van der Waals surface area contributed by atoms with Gasteiger partial charge in [0.25, 0.3) is 11.8 Å². The van der Waals surface area contributed by atoms with E-state index in [-0.39, 0.29) is 35.5 Å². The number of benzene rings is 2. The van der Waals surface area contributed by atoms with Gasteiger partial charge < -0.3 is 16.0 Å². The van der Waals surface area contributed by atoms with Crippen molar-refractivity contribution in [2.75, 3.05) is 18.4 Å². The highest BCUT2D eigenvalue weighted by Gasteiger charge is 2.15. The highest BCUT2D eigenvalue weighted by molar-refractivity contribution is 6.33. The van der Waals surface area contributed by atoms with Gasteiger partial charge in [-0.3, -0.25) is 14.4 Å². The maximum absolute atomic E-state index is 13.6. The summed E-state index contributed by atoms with van der Waals surface area (Å²) in [7, 11) is 0. The van der Waals surface area contributed by atoms with Gasteiger partial charge in [-0.25, -0.2) is 4.39 Å². The third-order valence-electron chi connectivity index (χ3n) is 3.33. The molecule has 3 N–H and O–H groups in total. The number of rotatable bonds is 6. The Labute approximate surface area is 154 Å². The van der Waals surface area contributed by atoms with Crippen LogP contribution in [-0.4, -0.2) is 30.8 Å². The van der Waals surface area contributed by atoms with E-state index in [0.29, 0.717) is 11.3 Å². The summed E-state index contributed by atoms with van der Waals surface area (Å²) in [5.41, 5.74) is 0.635. The van der Waals surface area contributed by atoms with Gasteiger partial charge in [-0.15, -0.1) is 0 Å². The van der Waals surface area contributed by atoms with Crippen molar-refractivity contribution in [2.45, 2.75) is 6.92 Å². The van der Waals surface area contributed by atoms with Crippen LogP contribution in [0.25, 0.3) is 0 Å². The van der Waals surface area contributed by atoms with Gasteiger partial charge in [-0.1, -0.05) is 23.7 Å². The zero-order valence-corrected chi connectivity index (χ0v) is 14.7. The van der Waals surface area contributed by atoms with E-state index in [2.05, 4.69) is 16.0 Å². The number of halogens is 2. The van der Waals surface area contributed by atoms with Gasteiger partial charge in [0, 0.05) is 31.3 Å². The molecule has 136 valence electrons. The number of amides is 3. The highest BCUT2D eigenvalue weighted by Crippen LogP contribution is 2.18. The zero-order chi connectivity index (χ0) is 19.1. The van der Waals surface area contributed by atoms with Crippen molar-refractivity contribution >= 4 is 35.0 Å². The summed E-state index contributed by atoms with van der Waals surface area (Å²) < 4.78 is 13.6. The summed E-state index contributed by atoms with van der Waals surface area (Å²) in [6.07, 6.45) is 0. The van der Waals surface area contributed by atoms with Crippen LogP contribution in [0.1, 0.15) is 27.6 Å². The number of hydrogen-bond donors (Lipinski definition) is 3. The van der Waals surface area contributed by atoms with E-state index in [4.69, 9.17) is 11.6 Å². The van der Waals surface area contributed by atoms with Crippen LogP contribution in [0.3, 0.4) is 0 Å². The number of nitrogens with one attached hydrogen (secondary N) is 3. The van der Waals surface area contributed by atoms with Crippen molar-refractivity contribution in [1.29, 1.82) is 0 Å². The minimum Gasteiger partial charge on any atom is -0.350 e. The first kappa shape index (κ1) is 19.4. The number of carbonyl (C=O) groups is 3. The largest absolute Gasteiger partial charge is 0.350 e. The molecule has 0 saturated carbocycles. The Balaban J connectivity index is 1.85. The SMILES string of the molecule is CC(=O)Nc1cccc(C(=O)NCCNC(=O)c2c(F)cccc2Cl)c1. The van der Waals surface area contributed by atoms with Gasteiger partial charge in [0.15, 0.2) is 0 Å². The Morgan fingerprint density at radius 2 is 1.65 bits per heavy atom. The topological polar surface area (TPSA) is 87.3 Å². The maximum atomic E-state index is 13.6. The molecule has 26 heavy (non-hydrogen) atoms. The minimum atomic E-state index is -0.714. The molecule has 8 heteroatoms. The molecule has 0 heterocycles. The second-order valence-electron chi connectivity index (χ2n) is 5.37. The number of hydrogen-bond acceptors (Lipinski definition) is 3. The molecule has 0 aliphatic carbocycles. The molecule has 0 saturated heterocycles. The second-order valence-corrected chi connectivity index (χ2v) is 5.78. The Hall–Kier alpha value is -2.93. The molecule has 0 aliphatic heterocycles. The van der Waals surface area contributed by atoms with Crippen molar-refractivity contribution in [1.82, 2.24) is 10.6 Å².